The van der Waals surface area contributed by atoms with Crippen LogP contribution in [0.1, 0.15) is 111 Å². The minimum Gasteiger partial charge on any atom is -0.444 e. The Morgan fingerprint density at radius 3 is 2.28 bits per heavy atom. The first-order chi connectivity index (χ1) is 25.3. The molecule has 5 amide bonds. The van der Waals surface area contributed by atoms with Crippen molar-refractivity contribution in [2.24, 2.45) is 11.3 Å². The molecule has 0 bridgehead atoms. The zero-order valence-electron chi connectivity index (χ0n) is 33.2. The molecular weight excluding hydrogens is 709 g/mol. The van der Waals surface area contributed by atoms with Crippen molar-refractivity contribution in [3.8, 4) is 10.4 Å². The van der Waals surface area contributed by atoms with Crippen LogP contribution >= 0.6 is 11.3 Å². The van der Waals surface area contributed by atoms with Crippen molar-refractivity contribution < 1.29 is 33.8 Å². The number of thiazole rings is 1. The highest BCUT2D eigenvalue weighted by molar-refractivity contribution is 7.13. The summed E-state index contributed by atoms with van der Waals surface area (Å²) in [7, 11) is 0. The molecule has 13 nitrogen and oxygen atoms in total. The summed E-state index contributed by atoms with van der Waals surface area (Å²) in [4.78, 5) is 74.0. The van der Waals surface area contributed by atoms with Gasteiger partial charge in [-0.25, -0.2) is 9.78 Å². The molecule has 1 aromatic heterocycles. The molecular formula is C40H60N6O7S. The number of nitrogens with zero attached hydrogens (tertiary/aromatic N) is 3. The predicted octanol–water partition coefficient (Wildman–Crippen LogP) is 5.11. The Morgan fingerprint density at radius 2 is 1.65 bits per heavy atom. The molecule has 0 aliphatic carbocycles. The van der Waals surface area contributed by atoms with Crippen LogP contribution in [0.3, 0.4) is 0 Å². The van der Waals surface area contributed by atoms with Crippen molar-refractivity contribution in [2.75, 3.05) is 26.2 Å². The first-order valence-electron chi connectivity index (χ1n) is 19.2. The average Bonchev–Trinajstić information content (AvgIpc) is 3.85. The molecule has 3 heterocycles. The van der Waals surface area contributed by atoms with E-state index in [0.29, 0.717) is 32.5 Å². The van der Waals surface area contributed by atoms with Crippen LogP contribution in [0.4, 0.5) is 4.79 Å². The fourth-order valence-electron chi connectivity index (χ4n) is 6.84. The maximum atomic E-state index is 14.0. The van der Waals surface area contributed by atoms with Gasteiger partial charge in [0.15, 0.2) is 0 Å². The highest BCUT2D eigenvalue weighted by Gasteiger charge is 2.44. The second-order valence-corrected chi connectivity index (χ2v) is 17.6. The van der Waals surface area contributed by atoms with E-state index in [2.05, 4.69) is 20.9 Å². The van der Waals surface area contributed by atoms with Crippen molar-refractivity contribution in [1.29, 1.82) is 0 Å². The fraction of sp³-hybridized carbons (Fsp3) is 0.650. The lowest BCUT2D eigenvalue weighted by atomic mass is 9.85. The maximum absolute atomic E-state index is 14.0. The molecule has 1 aromatic carbocycles. The van der Waals surface area contributed by atoms with Crippen LogP contribution in [0, 0.1) is 18.3 Å². The van der Waals surface area contributed by atoms with Gasteiger partial charge in [0.05, 0.1) is 34.1 Å². The highest BCUT2D eigenvalue weighted by atomic mass is 32.1. The minimum atomic E-state index is -0.886. The molecule has 0 radical (unpaired) electrons. The van der Waals surface area contributed by atoms with E-state index < -0.39 is 41.2 Å². The number of benzene rings is 1. The lowest BCUT2D eigenvalue weighted by Gasteiger charge is -2.35. The van der Waals surface area contributed by atoms with Gasteiger partial charge in [-0.05, 0) is 70.4 Å². The average molecular weight is 769 g/mol. The van der Waals surface area contributed by atoms with Gasteiger partial charge in [0.2, 0.25) is 23.6 Å². The number of hydrogen-bond acceptors (Lipinski definition) is 9. The molecule has 4 rings (SSSR count). The summed E-state index contributed by atoms with van der Waals surface area (Å²) in [5.74, 6) is -1.31. The molecule has 54 heavy (non-hydrogen) atoms. The van der Waals surface area contributed by atoms with Gasteiger partial charge >= 0.3 is 6.09 Å². The number of aromatic nitrogens is 1. The lowest BCUT2D eigenvalue weighted by molar-refractivity contribution is -0.144. The smallest absolute Gasteiger partial charge is 0.410 e. The normalized spacial score (nSPS) is 20.0. The standard InChI is InChI=1S/C40H60N6O7S/c1-25(27-14-16-28(17-15-27)33-26(2)42-24-54-33)43-36(50)31-21-30(47)23-46(31)37(51)34(39(3,4)5)44-32(48)13-11-9-10-12-19-41-35(49)29-18-20-45(22-29)38(52)53-40(6,7)8/h14-17,24-25,29-31,34,47H,9-13,18-23H2,1-8H3,(H,41,49)(H,43,50)(H,44,48)/t25-,29-,30+,31-,34+/m0/s1. The summed E-state index contributed by atoms with van der Waals surface area (Å²) >= 11 is 1.58. The Bertz CT molecular complexity index is 1620. The monoisotopic (exact) mass is 768 g/mol. The van der Waals surface area contributed by atoms with Crippen LogP contribution < -0.4 is 16.0 Å². The van der Waals surface area contributed by atoms with Gasteiger partial charge < -0.3 is 35.6 Å². The van der Waals surface area contributed by atoms with Crippen molar-refractivity contribution in [1.82, 2.24) is 30.7 Å². The number of rotatable bonds is 14. The molecule has 2 saturated heterocycles. The molecule has 2 aliphatic heterocycles. The quantitative estimate of drug-likeness (QED) is 0.192. The van der Waals surface area contributed by atoms with E-state index in [-0.39, 0.29) is 49.1 Å². The van der Waals surface area contributed by atoms with Crippen LogP contribution in [-0.4, -0.2) is 99.6 Å². The molecule has 14 heteroatoms. The van der Waals surface area contributed by atoms with Gasteiger partial charge in [-0.3, -0.25) is 19.2 Å². The van der Waals surface area contributed by atoms with Crippen LogP contribution in [0.5, 0.6) is 0 Å². The number of carbonyl (C=O) groups excluding carboxylic acids is 5. The summed E-state index contributed by atoms with van der Waals surface area (Å²) in [6.45, 7) is 16.3. The molecule has 2 aromatic rings. The number of aliphatic hydroxyl groups excluding tert-OH is 1. The number of β-amino-alcohol motifs (C(OH)–C–C–N with tert-alkyl or cyclic N) is 1. The molecule has 298 valence electrons. The molecule has 0 saturated carbocycles. The summed E-state index contributed by atoms with van der Waals surface area (Å²) < 4.78 is 5.41. The molecule has 5 atom stereocenters. The van der Waals surface area contributed by atoms with Gasteiger partial charge in [0.1, 0.15) is 17.7 Å². The van der Waals surface area contributed by atoms with Gasteiger partial charge in [0.25, 0.3) is 0 Å². The predicted molar refractivity (Wildman–Crippen MR) is 208 cm³/mol. The van der Waals surface area contributed by atoms with E-state index in [0.717, 1.165) is 41.0 Å². The lowest BCUT2D eigenvalue weighted by Crippen LogP contribution is -2.57. The first kappa shape index (κ1) is 42.7. The zero-order chi connectivity index (χ0) is 39.8. The molecule has 2 fully saturated rings. The van der Waals surface area contributed by atoms with Gasteiger partial charge in [-0.2, -0.15) is 0 Å². The Hall–Kier alpha value is -4.04. The number of amides is 5. The Labute approximate surface area is 324 Å². The zero-order valence-corrected chi connectivity index (χ0v) is 34.0. The van der Waals surface area contributed by atoms with Crippen molar-refractivity contribution in [3.05, 3.63) is 41.0 Å². The van der Waals surface area contributed by atoms with E-state index in [1.807, 2.05) is 85.2 Å². The number of ether oxygens (including phenoxy) is 1. The number of aliphatic hydroxyl groups is 1. The van der Waals surface area contributed by atoms with Crippen molar-refractivity contribution in [2.45, 2.75) is 130 Å². The summed E-state index contributed by atoms with van der Waals surface area (Å²) in [5, 5.41) is 19.5. The van der Waals surface area contributed by atoms with E-state index in [9.17, 15) is 29.1 Å². The Kier molecular flexibility index (Phi) is 14.7. The number of likely N-dealkylation sites (tertiary alicyclic amines) is 2. The number of carbonyl (C=O) groups is 5. The van der Waals surface area contributed by atoms with Gasteiger partial charge in [-0.1, -0.05) is 57.9 Å². The number of hydrogen-bond donors (Lipinski definition) is 4. The minimum absolute atomic E-state index is 0.00985. The number of aryl methyl sites for hydroxylation is 1. The van der Waals surface area contributed by atoms with E-state index >= 15 is 0 Å². The summed E-state index contributed by atoms with van der Waals surface area (Å²) in [6.07, 6.45) is 2.69. The van der Waals surface area contributed by atoms with Crippen LogP contribution in [0.15, 0.2) is 29.8 Å². The fourth-order valence-corrected chi connectivity index (χ4v) is 7.65. The van der Waals surface area contributed by atoms with E-state index in [1.165, 1.54) is 4.90 Å². The SMILES string of the molecule is Cc1ncsc1-c1ccc([C@H](C)NC(=O)[C@@H]2C[C@@H](O)CN2C(=O)[C@@H](NC(=O)CCCCCCNC(=O)[C@H]2CCN(C(=O)OC(C)(C)C)C2)C(C)(C)C)cc1. The Balaban J connectivity index is 1.20. The van der Waals surface area contributed by atoms with Gasteiger partial charge in [-0.15, -0.1) is 11.3 Å². The summed E-state index contributed by atoms with van der Waals surface area (Å²) in [5.41, 5.74) is 3.52. The third-order valence-corrected chi connectivity index (χ3v) is 10.9. The highest BCUT2D eigenvalue weighted by Crippen LogP contribution is 2.30. The van der Waals surface area contributed by atoms with Crippen LogP contribution in [0.2, 0.25) is 0 Å². The molecule has 4 N–H and O–H groups in total. The van der Waals surface area contributed by atoms with Crippen LogP contribution in [-0.2, 0) is 23.9 Å². The topological polar surface area (TPSA) is 170 Å². The Morgan fingerprint density at radius 1 is 0.963 bits per heavy atom. The van der Waals surface area contributed by atoms with Gasteiger partial charge in [0, 0.05) is 39.0 Å². The van der Waals surface area contributed by atoms with E-state index in [1.54, 1.807) is 16.2 Å². The second-order valence-electron chi connectivity index (χ2n) is 16.7. The summed E-state index contributed by atoms with van der Waals surface area (Å²) in [6, 6.07) is 5.86. The largest absolute Gasteiger partial charge is 0.444 e. The van der Waals surface area contributed by atoms with Crippen LogP contribution in [0.25, 0.3) is 10.4 Å². The van der Waals surface area contributed by atoms with Crippen molar-refractivity contribution >= 4 is 41.1 Å². The number of unbranched alkanes of at least 4 members (excludes halogenated alkanes) is 3. The second kappa shape index (κ2) is 18.5. The third-order valence-electron chi connectivity index (χ3n) is 9.90. The number of nitrogens with one attached hydrogen (secondary N) is 3. The van der Waals surface area contributed by atoms with Crippen molar-refractivity contribution in [3.63, 3.8) is 0 Å². The third kappa shape index (κ3) is 12.0. The maximum Gasteiger partial charge on any atom is 0.410 e. The van der Waals surface area contributed by atoms with E-state index in [4.69, 9.17) is 4.74 Å². The molecule has 0 spiro atoms. The first-order valence-corrected chi connectivity index (χ1v) is 20.1. The molecule has 2 aliphatic rings. The molecule has 0 unspecified atom stereocenters.